The predicted octanol–water partition coefficient (Wildman–Crippen LogP) is 1.68. The fourth-order valence-corrected chi connectivity index (χ4v) is 3.77. The Morgan fingerprint density at radius 2 is 2.10 bits per heavy atom. The summed E-state index contributed by atoms with van der Waals surface area (Å²) in [4.78, 5) is 21.8. The van der Waals surface area contributed by atoms with Gasteiger partial charge in [0.1, 0.15) is 11.5 Å². The summed E-state index contributed by atoms with van der Waals surface area (Å²) in [5, 5.41) is 25.6. The average Bonchev–Trinajstić information content (AvgIpc) is 3.13. The standard InChI is InChI=1S/C21H27N7O2/c1-21(2,30)10-14-8-15-11-23-18(25-20(29)13-4-6-22-7-5-13)9-16(15)24-19(14)17-12-28(3)27-26-17/h8-9,11-13,22,30H,4-7,10H2,1-3H3,(H,23,25,29). The molecule has 9 heteroatoms. The van der Waals surface area contributed by atoms with Crippen molar-refractivity contribution >= 4 is 22.6 Å². The van der Waals surface area contributed by atoms with Gasteiger partial charge in [0, 0.05) is 37.0 Å². The maximum atomic E-state index is 12.6. The second-order valence-electron chi connectivity index (χ2n) is 8.54. The van der Waals surface area contributed by atoms with Crippen molar-refractivity contribution in [2.45, 2.75) is 38.7 Å². The number of rotatable bonds is 5. The molecule has 3 N–H and O–H groups in total. The van der Waals surface area contributed by atoms with Crippen LogP contribution in [0.2, 0.25) is 0 Å². The van der Waals surface area contributed by atoms with Crippen LogP contribution in [-0.4, -0.2) is 54.7 Å². The fourth-order valence-electron chi connectivity index (χ4n) is 3.77. The highest BCUT2D eigenvalue weighted by Crippen LogP contribution is 2.28. The highest BCUT2D eigenvalue weighted by molar-refractivity contribution is 5.94. The molecule has 1 fully saturated rings. The van der Waals surface area contributed by atoms with E-state index in [0.29, 0.717) is 29.1 Å². The number of hydrogen-bond acceptors (Lipinski definition) is 7. The van der Waals surface area contributed by atoms with Crippen molar-refractivity contribution in [1.29, 1.82) is 0 Å². The number of hydrogen-bond donors (Lipinski definition) is 3. The molecule has 1 amide bonds. The van der Waals surface area contributed by atoms with Gasteiger partial charge in [-0.1, -0.05) is 5.21 Å². The molecule has 4 rings (SSSR count). The fraction of sp³-hybridized carbons (Fsp3) is 0.476. The van der Waals surface area contributed by atoms with E-state index in [1.807, 2.05) is 6.07 Å². The van der Waals surface area contributed by atoms with Crippen molar-refractivity contribution in [1.82, 2.24) is 30.3 Å². The lowest BCUT2D eigenvalue weighted by atomic mass is 9.95. The van der Waals surface area contributed by atoms with Crippen LogP contribution in [0.1, 0.15) is 32.3 Å². The van der Waals surface area contributed by atoms with Gasteiger partial charge in [-0.3, -0.25) is 9.48 Å². The number of piperidine rings is 1. The molecule has 158 valence electrons. The Labute approximate surface area is 174 Å². The lowest BCUT2D eigenvalue weighted by molar-refractivity contribution is -0.120. The van der Waals surface area contributed by atoms with Gasteiger partial charge >= 0.3 is 0 Å². The van der Waals surface area contributed by atoms with Gasteiger partial charge in [-0.2, -0.15) is 0 Å². The third kappa shape index (κ3) is 4.63. The Kier molecular flexibility index (Phi) is 5.48. The molecule has 9 nitrogen and oxygen atoms in total. The molecule has 4 heterocycles. The van der Waals surface area contributed by atoms with Crippen LogP contribution in [-0.2, 0) is 18.3 Å². The zero-order valence-electron chi connectivity index (χ0n) is 17.5. The van der Waals surface area contributed by atoms with E-state index in [0.717, 1.165) is 36.9 Å². The number of nitrogens with zero attached hydrogens (tertiary/aromatic N) is 5. The number of carbonyl (C=O) groups is 1. The summed E-state index contributed by atoms with van der Waals surface area (Å²) in [5.74, 6) is 0.482. The molecule has 1 aliphatic heterocycles. The first-order chi connectivity index (χ1) is 14.3. The first-order valence-corrected chi connectivity index (χ1v) is 10.2. The molecule has 3 aromatic rings. The Bertz CT molecular complexity index is 1060. The number of aliphatic hydroxyl groups is 1. The highest BCUT2D eigenvalue weighted by atomic mass is 16.3. The van der Waals surface area contributed by atoms with Gasteiger partial charge in [0.25, 0.3) is 0 Å². The third-order valence-corrected chi connectivity index (χ3v) is 5.21. The molecule has 30 heavy (non-hydrogen) atoms. The number of anilines is 1. The molecule has 1 saturated heterocycles. The normalized spacial score (nSPS) is 15.5. The summed E-state index contributed by atoms with van der Waals surface area (Å²) in [6.45, 7) is 5.23. The van der Waals surface area contributed by atoms with Gasteiger partial charge in [0.05, 0.1) is 23.0 Å². The van der Waals surface area contributed by atoms with E-state index in [1.54, 1.807) is 44.0 Å². The zero-order valence-corrected chi connectivity index (χ0v) is 17.5. The van der Waals surface area contributed by atoms with Crippen LogP contribution in [0.5, 0.6) is 0 Å². The van der Waals surface area contributed by atoms with Crippen LogP contribution in [0.4, 0.5) is 5.82 Å². The lowest BCUT2D eigenvalue weighted by Crippen LogP contribution is -2.34. The Morgan fingerprint density at radius 1 is 1.33 bits per heavy atom. The van der Waals surface area contributed by atoms with Gasteiger partial charge in [-0.05, 0) is 51.4 Å². The molecule has 0 atom stereocenters. The van der Waals surface area contributed by atoms with Crippen molar-refractivity contribution < 1.29 is 9.90 Å². The summed E-state index contributed by atoms with van der Waals surface area (Å²) < 4.78 is 1.62. The maximum absolute atomic E-state index is 12.6. The average molecular weight is 409 g/mol. The quantitative estimate of drug-likeness (QED) is 0.587. The number of nitrogens with one attached hydrogen (secondary N) is 2. The summed E-state index contributed by atoms with van der Waals surface area (Å²) in [6, 6.07) is 3.75. The minimum atomic E-state index is -0.900. The van der Waals surface area contributed by atoms with Crippen molar-refractivity contribution in [2.75, 3.05) is 18.4 Å². The van der Waals surface area contributed by atoms with Gasteiger partial charge in [0.2, 0.25) is 5.91 Å². The van der Waals surface area contributed by atoms with Crippen LogP contribution >= 0.6 is 0 Å². The van der Waals surface area contributed by atoms with Crippen molar-refractivity contribution in [3.8, 4) is 11.4 Å². The van der Waals surface area contributed by atoms with E-state index in [4.69, 9.17) is 4.98 Å². The van der Waals surface area contributed by atoms with Crippen LogP contribution in [0.3, 0.4) is 0 Å². The summed E-state index contributed by atoms with van der Waals surface area (Å²) >= 11 is 0. The van der Waals surface area contributed by atoms with E-state index in [2.05, 4.69) is 25.9 Å². The molecule has 3 aromatic heterocycles. The van der Waals surface area contributed by atoms with Crippen molar-refractivity contribution in [3.05, 3.63) is 30.1 Å². The molecule has 0 spiro atoms. The predicted molar refractivity (Wildman–Crippen MR) is 114 cm³/mol. The molecule has 0 aromatic carbocycles. The molecular formula is C21H27N7O2. The number of pyridine rings is 2. The minimum absolute atomic E-state index is 0.000946. The number of carbonyl (C=O) groups excluding carboxylic acids is 1. The molecule has 0 aliphatic carbocycles. The molecule has 0 radical (unpaired) electrons. The maximum Gasteiger partial charge on any atom is 0.228 e. The van der Waals surface area contributed by atoms with Crippen molar-refractivity contribution in [2.24, 2.45) is 13.0 Å². The zero-order chi connectivity index (χ0) is 21.3. The van der Waals surface area contributed by atoms with Crippen LogP contribution in [0.15, 0.2) is 24.5 Å². The Balaban J connectivity index is 1.69. The Hall–Kier alpha value is -2.91. The SMILES string of the molecule is Cn1cc(-c2nc3cc(NC(=O)C4CCNCC4)ncc3cc2CC(C)(C)O)nn1. The van der Waals surface area contributed by atoms with Crippen LogP contribution < -0.4 is 10.6 Å². The molecular weight excluding hydrogens is 382 g/mol. The van der Waals surface area contributed by atoms with Gasteiger partial charge in [0.15, 0.2) is 0 Å². The summed E-state index contributed by atoms with van der Waals surface area (Å²) in [5.41, 5.74) is 1.97. The number of fused-ring (bicyclic) bond motifs is 1. The molecule has 1 aliphatic rings. The van der Waals surface area contributed by atoms with E-state index in [1.165, 1.54) is 0 Å². The first-order valence-electron chi connectivity index (χ1n) is 10.2. The Morgan fingerprint density at radius 3 is 2.77 bits per heavy atom. The number of amides is 1. The monoisotopic (exact) mass is 409 g/mol. The van der Waals surface area contributed by atoms with Gasteiger partial charge in [-0.15, -0.1) is 5.10 Å². The summed E-state index contributed by atoms with van der Waals surface area (Å²) in [7, 11) is 1.80. The van der Waals surface area contributed by atoms with E-state index in [9.17, 15) is 9.90 Å². The van der Waals surface area contributed by atoms with Crippen LogP contribution in [0, 0.1) is 5.92 Å². The van der Waals surface area contributed by atoms with Gasteiger partial charge < -0.3 is 15.7 Å². The molecule has 0 bridgehead atoms. The first kappa shape index (κ1) is 20.4. The molecule has 0 unspecified atom stereocenters. The second kappa shape index (κ2) is 8.08. The van der Waals surface area contributed by atoms with Crippen LogP contribution in [0.25, 0.3) is 22.3 Å². The lowest BCUT2D eigenvalue weighted by Gasteiger charge is -2.21. The highest BCUT2D eigenvalue weighted by Gasteiger charge is 2.22. The van der Waals surface area contributed by atoms with E-state index in [-0.39, 0.29) is 11.8 Å². The second-order valence-corrected chi connectivity index (χ2v) is 8.54. The number of aryl methyl sites for hydroxylation is 1. The number of aromatic nitrogens is 5. The van der Waals surface area contributed by atoms with Crippen molar-refractivity contribution in [3.63, 3.8) is 0 Å². The molecule has 0 saturated carbocycles. The minimum Gasteiger partial charge on any atom is -0.390 e. The third-order valence-electron chi connectivity index (χ3n) is 5.21. The smallest absolute Gasteiger partial charge is 0.228 e. The summed E-state index contributed by atoms with van der Waals surface area (Å²) in [6.07, 6.45) is 5.57. The topological polar surface area (TPSA) is 118 Å². The van der Waals surface area contributed by atoms with E-state index < -0.39 is 5.60 Å². The van der Waals surface area contributed by atoms with Gasteiger partial charge in [-0.25, -0.2) is 9.97 Å². The largest absolute Gasteiger partial charge is 0.390 e. The van der Waals surface area contributed by atoms with E-state index >= 15 is 0 Å².